The molecule has 1 atom stereocenters. The molecule has 1 aliphatic rings. The maximum absolute atomic E-state index is 12.2. The van der Waals surface area contributed by atoms with Crippen LogP contribution in [0, 0.1) is 0 Å². The summed E-state index contributed by atoms with van der Waals surface area (Å²) in [5.41, 5.74) is 0.462. The first-order chi connectivity index (χ1) is 8.87. The van der Waals surface area contributed by atoms with Gasteiger partial charge in [0, 0.05) is 17.2 Å². The van der Waals surface area contributed by atoms with Gasteiger partial charge < -0.3 is 4.74 Å². The van der Waals surface area contributed by atoms with Crippen molar-refractivity contribution < 1.29 is 9.53 Å². The van der Waals surface area contributed by atoms with E-state index in [1.54, 1.807) is 11.1 Å². The Labute approximate surface area is 122 Å². The summed E-state index contributed by atoms with van der Waals surface area (Å²) in [7, 11) is 0. The summed E-state index contributed by atoms with van der Waals surface area (Å²) in [6.07, 6.45) is 3.44. The third kappa shape index (κ3) is 3.69. The highest BCUT2D eigenvalue weighted by Crippen LogP contribution is 2.32. The SMILES string of the molecule is CC(C)(C)OC(=O)N1CCCC1c1ccc(Br)cn1. The molecule has 0 aliphatic carbocycles. The molecule has 1 aromatic heterocycles. The zero-order chi connectivity index (χ0) is 14.0. The van der Waals surface area contributed by atoms with Crippen molar-refractivity contribution in [3.05, 3.63) is 28.5 Å². The third-order valence-corrected chi connectivity index (χ3v) is 3.44. The number of rotatable bonds is 1. The van der Waals surface area contributed by atoms with E-state index in [1.165, 1.54) is 0 Å². The summed E-state index contributed by atoms with van der Waals surface area (Å²) in [4.78, 5) is 18.4. The summed E-state index contributed by atoms with van der Waals surface area (Å²) in [5.74, 6) is 0. The molecule has 0 saturated carbocycles. The Hall–Kier alpha value is -1.10. The van der Waals surface area contributed by atoms with Crippen LogP contribution in [0.3, 0.4) is 0 Å². The Balaban J connectivity index is 2.12. The summed E-state index contributed by atoms with van der Waals surface area (Å²) in [6.45, 7) is 6.38. The van der Waals surface area contributed by atoms with Crippen molar-refractivity contribution in [3.63, 3.8) is 0 Å². The normalized spacial score (nSPS) is 19.6. The number of nitrogens with zero attached hydrogens (tertiary/aromatic N) is 2. The lowest BCUT2D eigenvalue weighted by molar-refractivity contribution is 0.0221. The minimum absolute atomic E-state index is 0.0305. The molecule has 19 heavy (non-hydrogen) atoms. The van der Waals surface area contributed by atoms with E-state index in [0.717, 1.165) is 29.6 Å². The van der Waals surface area contributed by atoms with E-state index in [2.05, 4.69) is 20.9 Å². The van der Waals surface area contributed by atoms with Gasteiger partial charge in [-0.1, -0.05) is 0 Å². The summed E-state index contributed by atoms with van der Waals surface area (Å²) >= 11 is 3.37. The summed E-state index contributed by atoms with van der Waals surface area (Å²) < 4.78 is 6.39. The molecule has 104 valence electrons. The van der Waals surface area contributed by atoms with Crippen LogP contribution in [-0.2, 0) is 4.74 Å². The van der Waals surface area contributed by atoms with E-state index in [9.17, 15) is 4.79 Å². The monoisotopic (exact) mass is 326 g/mol. The van der Waals surface area contributed by atoms with Gasteiger partial charge in [-0.05, 0) is 61.7 Å². The van der Waals surface area contributed by atoms with E-state index >= 15 is 0 Å². The van der Waals surface area contributed by atoms with Gasteiger partial charge in [-0.15, -0.1) is 0 Å². The molecule has 0 spiro atoms. The zero-order valence-corrected chi connectivity index (χ0v) is 13.1. The number of hydrogen-bond acceptors (Lipinski definition) is 3. The first kappa shape index (κ1) is 14.3. The van der Waals surface area contributed by atoms with E-state index in [4.69, 9.17) is 4.74 Å². The third-order valence-electron chi connectivity index (χ3n) is 2.97. The second-order valence-corrected chi connectivity index (χ2v) is 6.65. The van der Waals surface area contributed by atoms with Crippen LogP contribution >= 0.6 is 15.9 Å². The van der Waals surface area contributed by atoms with Crippen molar-refractivity contribution in [2.45, 2.75) is 45.3 Å². The Bertz CT molecular complexity index is 454. The Morgan fingerprint density at radius 1 is 1.47 bits per heavy atom. The second kappa shape index (κ2) is 5.49. The van der Waals surface area contributed by atoms with E-state index < -0.39 is 5.60 Å². The topological polar surface area (TPSA) is 42.4 Å². The fourth-order valence-electron chi connectivity index (χ4n) is 2.20. The smallest absolute Gasteiger partial charge is 0.410 e. The van der Waals surface area contributed by atoms with Gasteiger partial charge in [0.1, 0.15) is 5.60 Å². The van der Waals surface area contributed by atoms with E-state index in [-0.39, 0.29) is 12.1 Å². The molecule has 2 rings (SSSR count). The molecule has 1 aromatic rings. The van der Waals surface area contributed by atoms with Crippen molar-refractivity contribution >= 4 is 22.0 Å². The van der Waals surface area contributed by atoms with Gasteiger partial charge in [-0.25, -0.2) is 4.79 Å². The lowest BCUT2D eigenvalue weighted by Crippen LogP contribution is -2.36. The fourth-order valence-corrected chi connectivity index (χ4v) is 2.43. The molecule has 0 radical (unpaired) electrons. The van der Waals surface area contributed by atoms with Crippen LogP contribution in [0.4, 0.5) is 4.79 Å². The number of carbonyl (C=O) groups excluding carboxylic acids is 1. The van der Waals surface area contributed by atoms with Crippen LogP contribution in [0.25, 0.3) is 0 Å². The van der Waals surface area contributed by atoms with Crippen molar-refractivity contribution in [2.24, 2.45) is 0 Å². The molecule has 4 nitrogen and oxygen atoms in total. The molecular weight excluding hydrogens is 308 g/mol. The Kier molecular flexibility index (Phi) is 4.13. The average molecular weight is 327 g/mol. The van der Waals surface area contributed by atoms with Crippen LogP contribution in [0.15, 0.2) is 22.8 Å². The standard InChI is InChI=1S/C14H19BrN2O2/c1-14(2,3)19-13(18)17-8-4-5-12(17)11-7-6-10(15)9-16-11/h6-7,9,12H,4-5,8H2,1-3H3. The maximum Gasteiger partial charge on any atom is 0.410 e. The van der Waals surface area contributed by atoms with Crippen LogP contribution in [0.1, 0.15) is 45.3 Å². The molecule has 1 aliphatic heterocycles. The van der Waals surface area contributed by atoms with Gasteiger partial charge in [0.05, 0.1) is 11.7 Å². The Morgan fingerprint density at radius 2 is 2.21 bits per heavy atom. The highest BCUT2D eigenvalue weighted by molar-refractivity contribution is 9.10. The fraction of sp³-hybridized carbons (Fsp3) is 0.571. The van der Waals surface area contributed by atoms with Gasteiger partial charge in [-0.3, -0.25) is 9.88 Å². The lowest BCUT2D eigenvalue weighted by atomic mass is 10.1. The average Bonchev–Trinajstić information content (AvgIpc) is 2.76. The minimum atomic E-state index is -0.461. The first-order valence-corrected chi connectivity index (χ1v) is 7.27. The Morgan fingerprint density at radius 3 is 2.79 bits per heavy atom. The quantitative estimate of drug-likeness (QED) is 0.785. The zero-order valence-electron chi connectivity index (χ0n) is 11.5. The number of amides is 1. The predicted molar refractivity (Wildman–Crippen MR) is 76.9 cm³/mol. The van der Waals surface area contributed by atoms with Gasteiger partial charge in [0.2, 0.25) is 0 Å². The minimum Gasteiger partial charge on any atom is -0.444 e. The summed E-state index contributed by atoms with van der Waals surface area (Å²) in [6, 6.07) is 3.94. The highest BCUT2D eigenvalue weighted by Gasteiger charge is 2.33. The molecule has 1 unspecified atom stereocenters. The van der Waals surface area contributed by atoms with Crippen LogP contribution in [-0.4, -0.2) is 28.1 Å². The summed E-state index contributed by atoms with van der Waals surface area (Å²) in [5, 5.41) is 0. The number of carbonyl (C=O) groups is 1. The highest BCUT2D eigenvalue weighted by atomic mass is 79.9. The molecule has 0 N–H and O–H groups in total. The second-order valence-electron chi connectivity index (χ2n) is 5.73. The molecule has 0 aromatic carbocycles. The molecule has 1 fully saturated rings. The van der Waals surface area contributed by atoms with Gasteiger partial charge >= 0.3 is 6.09 Å². The van der Waals surface area contributed by atoms with Crippen LogP contribution < -0.4 is 0 Å². The van der Waals surface area contributed by atoms with E-state index in [1.807, 2.05) is 32.9 Å². The molecule has 0 bridgehead atoms. The molecule has 2 heterocycles. The first-order valence-electron chi connectivity index (χ1n) is 6.48. The van der Waals surface area contributed by atoms with Crippen molar-refractivity contribution in [1.82, 2.24) is 9.88 Å². The largest absolute Gasteiger partial charge is 0.444 e. The molecule has 1 amide bonds. The number of aromatic nitrogens is 1. The maximum atomic E-state index is 12.2. The predicted octanol–water partition coefficient (Wildman–Crippen LogP) is 3.92. The lowest BCUT2D eigenvalue weighted by Gasteiger charge is -2.28. The van der Waals surface area contributed by atoms with Gasteiger partial charge in [0.15, 0.2) is 0 Å². The number of likely N-dealkylation sites (tertiary alicyclic amines) is 1. The van der Waals surface area contributed by atoms with Gasteiger partial charge in [-0.2, -0.15) is 0 Å². The van der Waals surface area contributed by atoms with Crippen LogP contribution in [0.5, 0.6) is 0 Å². The molecular formula is C14H19BrN2O2. The van der Waals surface area contributed by atoms with Gasteiger partial charge in [0.25, 0.3) is 0 Å². The van der Waals surface area contributed by atoms with Crippen molar-refractivity contribution in [3.8, 4) is 0 Å². The van der Waals surface area contributed by atoms with E-state index in [0.29, 0.717) is 0 Å². The van der Waals surface area contributed by atoms with Crippen molar-refractivity contribution in [1.29, 1.82) is 0 Å². The van der Waals surface area contributed by atoms with Crippen LogP contribution in [0.2, 0.25) is 0 Å². The van der Waals surface area contributed by atoms with Crippen molar-refractivity contribution in [2.75, 3.05) is 6.54 Å². The molecule has 1 saturated heterocycles. The number of halogens is 1. The molecule has 5 heteroatoms. The number of ether oxygens (including phenoxy) is 1. The number of hydrogen-bond donors (Lipinski definition) is 0. The number of pyridine rings is 1.